The van der Waals surface area contributed by atoms with E-state index in [1.54, 1.807) is 6.92 Å². The monoisotopic (exact) mass is 1320 g/mol. The molecular weight excluding hydrogens is 1190 g/mol. The zero-order valence-electron chi connectivity index (χ0n) is 57.6. The van der Waals surface area contributed by atoms with Crippen LogP contribution in [0.5, 0.6) is 0 Å². The van der Waals surface area contributed by atoms with Gasteiger partial charge < -0.3 is 53.6 Å². The summed E-state index contributed by atoms with van der Waals surface area (Å²) < 4.78 is 0. The molecule has 0 radical (unpaired) electrons. The van der Waals surface area contributed by atoms with Crippen LogP contribution in [0, 0.1) is 11.8 Å². The lowest BCUT2D eigenvalue weighted by atomic mass is 9.93. The van der Waals surface area contributed by atoms with Crippen LogP contribution in [0.1, 0.15) is 331 Å². The Kier molecular flexibility index (Phi) is 65.8. The van der Waals surface area contributed by atoms with Gasteiger partial charge in [0.25, 0.3) is 0 Å². The number of hydrogen-bond donors (Lipinski definition) is 10. The molecule has 0 aliphatic heterocycles. The number of unbranched alkanes of at least 4 members (excludes halogenated alkanes) is 23. The van der Waals surface area contributed by atoms with E-state index in [4.69, 9.17) is 27.4 Å². The number of aliphatic carboxylic acids is 4. The van der Waals surface area contributed by atoms with Crippen molar-refractivity contribution in [3.63, 3.8) is 0 Å². The lowest BCUT2D eigenvalue weighted by Gasteiger charge is -2.15. The summed E-state index contributed by atoms with van der Waals surface area (Å²) in [5.74, 6) is -4.89. The van der Waals surface area contributed by atoms with E-state index in [1.807, 2.05) is 20.8 Å². The molecule has 22 nitrogen and oxygen atoms in total. The first-order chi connectivity index (χ1) is 43.8. The van der Waals surface area contributed by atoms with Crippen molar-refractivity contribution in [1.29, 1.82) is 0 Å². The molecule has 0 aliphatic rings. The number of nitrogens with one attached hydrogen (secondary N) is 3. The maximum atomic E-state index is 12.3. The van der Waals surface area contributed by atoms with Crippen molar-refractivity contribution in [2.24, 2.45) is 29.0 Å². The largest absolute Gasteiger partial charge is 0.481 e. The van der Waals surface area contributed by atoms with E-state index in [2.05, 4.69) is 16.0 Å². The number of carbonyl (C=O) groups excluding carboxylic acids is 8. The predicted octanol–water partition coefficient (Wildman–Crippen LogP) is 12.4. The third-order valence-corrected chi connectivity index (χ3v) is 16.5. The maximum absolute atomic E-state index is 12.3. The van der Waals surface area contributed by atoms with Gasteiger partial charge in [0.05, 0.1) is 24.0 Å². The van der Waals surface area contributed by atoms with Crippen LogP contribution in [-0.4, -0.2) is 128 Å². The van der Waals surface area contributed by atoms with Crippen molar-refractivity contribution < 1.29 is 78.0 Å². The third kappa shape index (κ3) is 65.0. The van der Waals surface area contributed by atoms with Gasteiger partial charge in [-0.05, 0) is 110 Å². The van der Waals surface area contributed by atoms with Crippen LogP contribution in [0.25, 0.3) is 0 Å². The summed E-state index contributed by atoms with van der Waals surface area (Å²) in [6.45, 7) is 9.98. The second kappa shape index (κ2) is 65.2. The van der Waals surface area contributed by atoms with E-state index in [1.165, 1.54) is 6.92 Å². The number of rotatable bonds is 62. The molecule has 0 saturated heterocycles. The van der Waals surface area contributed by atoms with E-state index in [0.717, 1.165) is 180 Å². The summed E-state index contributed by atoms with van der Waals surface area (Å²) >= 11 is 0. The van der Waals surface area contributed by atoms with Gasteiger partial charge in [0.1, 0.15) is 35.0 Å². The predicted molar refractivity (Wildman–Crippen MR) is 367 cm³/mol. The van der Waals surface area contributed by atoms with Gasteiger partial charge in [-0.2, -0.15) is 0 Å². The molecule has 0 heterocycles. The summed E-state index contributed by atoms with van der Waals surface area (Å²) in [5.41, 5.74) is 17.3. The van der Waals surface area contributed by atoms with Gasteiger partial charge in [-0.3, -0.25) is 52.7 Å². The summed E-state index contributed by atoms with van der Waals surface area (Å²) in [4.78, 5) is 139. The average molecular weight is 1330 g/mol. The summed E-state index contributed by atoms with van der Waals surface area (Å²) in [6.07, 6.45) is 33.1. The molecule has 0 aromatic carbocycles. The Morgan fingerprint density at radius 2 is 0.796 bits per heavy atom. The van der Waals surface area contributed by atoms with E-state index in [9.17, 15) is 67.7 Å². The number of carbonyl (C=O) groups is 12. The molecule has 0 aromatic rings. The normalized spacial score (nSPS) is 12.7. The highest BCUT2D eigenvalue weighted by molar-refractivity contribution is 5.86. The number of amides is 3. The van der Waals surface area contributed by atoms with Gasteiger partial charge in [-0.1, -0.05) is 163 Å². The molecule has 3 amide bonds. The summed E-state index contributed by atoms with van der Waals surface area (Å²) in [6, 6.07) is -2.39. The molecule has 0 unspecified atom stereocenters. The highest BCUT2D eigenvalue weighted by Gasteiger charge is 2.23. The van der Waals surface area contributed by atoms with Crippen molar-refractivity contribution in [1.82, 2.24) is 16.0 Å². The Bertz CT molecular complexity index is 2040. The Morgan fingerprint density at radius 1 is 0.366 bits per heavy atom. The van der Waals surface area contributed by atoms with Gasteiger partial charge in [0.2, 0.25) is 17.7 Å². The van der Waals surface area contributed by atoms with Crippen LogP contribution in [-0.2, 0) is 57.5 Å². The molecule has 0 spiro atoms. The molecule has 13 N–H and O–H groups in total. The van der Waals surface area contributed by atoms with Crippen LogP contribution >= 0.6 is 0 Å². The Balaban J connectivity index is -0.000000758. The fourth-order valence-corrected chi connectivity index (χ4v) is 10.1. The smallest absolute Gasteiger partial charge is 0.326 e. The standard InChI is InChI=1S/C33H60N4O8.C31H55NO7.C6H13NO.CH4/c1-25(26(2)38)17-13-15-24-36-32(43)27(34)18-14-16-23-35-29(39)22-21-28(33(44)45)37-30(40)19-11-9-7-5-3-4-6-8-10-12-20-31(41)42;1-2-3-20-29(35)28(32)19-15-12-14-17-26(33)23-22-25(31(38)39)24-27(34)18-13-10-8-6-4-5-7-9-11-16-21-30(36)37;1-3-4-6(7)5(2)8;/h25,27-28H,3-24,34H2,1-2H3,(H,35,39)(H,36,43)(H,37,40)(H,41,42)(H,44,45);25,28H,2-24,32H2,1H3,(H,36,37)(H,38,39);6H,3-4,7H2,1-2H3;1H4/t25-,27-,28-;25-,28+;6-;/m010./s1. The van der Waals surface area contributed by atoms with Gasteiger partial charge in [-0.25, -0.2) is 4.79 Å². The highest BCUT2D eigenvalue weighted by Crippen LogP contribution is 2.19. The van der Waals surface area contributed by atoms with Gasteiger partial charge in [0, 0.05) is 76.8 Å². The second-order valence-electron chi connectivity index (χ2n) is 25.2. The zero-order valence-corrected chi connectivity index (χ0v) is 57.6. The molecule has 0 aliphatic carbocycles. The lowest BCUT2D eigenvalue weighted by Crippen LogP contribution is -2.41. The minimum Gasteiger partial charge on any atom is -0.481 e. The van der Waals surface area contributed by atoms with Crippen molar-refractivity contribution in [2.45, 2.75) is 355 Å². The fourth-order valence-electron chi connectivity index (χ4n) is 10.1. The Hall–Kier alpha value is -5.48. The molecule has 0 bridgehead atoms. The van der Waals surface area contributed by atoms with Crippen LogP contribution < -0.4 is 33.2 Å². The first-order valence-corrected chi connectivity index (χ1v) is 35.4. The van der Waals surface area contributed by atoms with E-state index in [-0.39, 0.29) is 117 Å². The van der Waals surface area contributed by atoms with Crippen molar-refractivity contribution in [2.75, 3.05) is 13.1 Å². The Morgan fingerprint density at radius 3 is 1.24 bits per heavy atom. The van der Waals surface area contributed by atoms with Gasteiger partial charge in [0.15, 0.2) is 0 Å². The number of carboxylic acid groups (broad SMARTS) is 4. The van der Waals surface area contributed by atoms with Crippen LogP contribution in [0.2, 0.25) is 0 Å². The highest BCUT2D eigenvalue weighted by atomic mass is 16.4. The van der Waals surface area contributed by atoms with E-state index < -0.39 is 47.9 Å². The number of carboxylic acids is 4. The molecule has 22 heteroatoms. The third-order valence-electron chi connectivity index (χ3n) is 16.5. The maximum Gasteiger partial charge on any atom is 0.326 e. The van der Waals surface area contributed by atoms with E-state index >= 15 is 0 Å². The van der Waals surface area contributed by atoms with Crippen molar-refractivity contribution >= 4 is 70.5 Å². The first-order valence-electron chi connectivity index (χ1n) is 35.4. The number of hydrogen-bond acceptors (Lipinski definition) is 15. The second-order valence-corrected chi connectivity index (χ2v) is 25.2. The Labute approximate surface area is 559 Å². The SMILES string of the molecule is C.CC(=O)[C@@H](C)CCCCNC(=O)[C@@H](N)CCCCNC(=O)CC[C@H](NC(=O)CCCCCCCCCCCCC(=O)O)C(=O)O.CCCCC(=O)[C@@H](N)CCCCCC(=O)CC[C@H](CC(=O)CCCCCCCCCCCCC(=O)O)C(=O)O.CCC[C@H](N)C(C)=O. The summed E-state index contributed by atoms with van der Waals surface area (Å²) in [7, 11) is 0. The first kappa shape index (κ1) is 93.9. The van der Waals surface area contributed by atoms with Crippen LogP contribution in [0.3, 0.4) is 0 Å². The van der Waals surface area contributed by atoms with Gasteiger partial charge >= 0.3 is 23.9 Å². The zero-order chi connectivity index (χ0) is 69.7. The summed E-state index contributed by atoms with van der Waals surface area (Å²) in [5, 5.41) is 44.3. The minimum absolute atomic E-state index is 0. The average Bonchev–Trinajstić information content (AvgIpc) is 3.62. The topological polar surface area (TPSA) is 400 Å². The van der Waals surface area contributed by atoms with Crippen molar-refractivity contribution in [3.05, 3.63) is 0 Å². The molecule has 542 valence electrons. The van der Waals surface area contributed by atoms with Crippen molar-refractivity contribution in [3.8, 4) is 0 Å². The number of Topliss-reactive ketones (excluding diaryl/α,β-unsaturated/α-hetero) is 5. The lowest BCUT2D eigenvalue weighted by molar-refractivity contribution is -0.144. The number of ketones is 5. The molecule has 0 saturated carbocycles. The van der Waals surface area contributed by atoms with E-state index in [0.29, 0.717) is 70.9 Å². The molecule has 0 aromatic heterocycles. The quantitative estimate of drug-likeness (QED) is 0.0253. The number of nitrogens with two attached hydrogens (primary N) is 3. The van der Waals surface area contributed by atoms with Gasteiger partial charge in [-0.15, -0.1) is 0 Å². The molecule has 0 fully saturated rings. The molecule has 0 rings (SSSR count). The van der Waals surface area contributed by atoms with Crippen LogP contribution in [0.15, 0.2) is 0 Å². The molecule has 93 heavy (non-hydrogen) atoms. The minimum atomic E-state index is -1.17. The molecular formula is C71H132N6O16. The molecule has 6 atom stereocenters. The van der Waals surface area contributed by atoms with Crippen LogP contribution in [0.4, 0.5) is 0 Å². The fraction of sp³-hybridized carbons (Fsp3) is 0.831.